The van der Waals surface area contributed by atoms with Crippen LogP contribution in [-0.2, 0) is 4.79 Å². The average Bonchev–Trinajstić information content (AvgIpc) is 2.65. The van der Waals surface area contributed by atoms with E-state index in [1.807, 2.05) is 38.1 Å². The summed E-state index contributed by atoms with van der Waals surface area (Å²) in [6, 6.07) is 14.3. The molecular formula is C22H25NO4. The zero-order chi connectivity index (χ0) is 19.8. The second-order valence-electron chi connectivity index (χ2n) is 6.50. The standard InChI is InChI=1S/C22H25NO4/c1-16(2)27-21-8-6-5-7-18(21)11-14-20(24)17-9-12-19(13-10-17)26-15-22(25)23(3)4/h5-14,16H,15H2,1-4H3/b14-11+. The Morgan fingerprint density at radius 3 is 2.33 bits per heavy atom. The van der Waals surface area contributed by atoms with E-state index in [1.165, 1.54) is 11.0 Å². The molecule has 0 fully saturated rings. The van der Waals surface area contributed by atoms with Crippen LogP contribution < -0.4 is 9.47 Å². The number of ether oxygens (including phenoxy) is 2. The monoisotopic (exact) mass is 367 g/mol. The largest absolute Gasteiger partial charge is 0.490 e. The molecule has 0 aliphatic carbocycles. The van der Waals surface area contributed by atoms with Crippen molar-refractivity contribution in [2.75, 3.05) is 20.7 Å². The molecule has 0 aliphatic rings. The Hall–Kier alpha value is -3.08. The Labute approximate surface area is 160 Å². The molecule has 5 heteroatoms. The molecule has 0 unspecified atom stereocenters. The summed E-state index contributed by atoms with van der Waals surface area (Å²) in [5, 5.41) is 0. The molecule has 0 radical (unpaired) electrons. The van der Waals surface area contributed by atoms with Gasteiger partial charge in [-0.25, -0.2) is 0 Å². The van der Waals surface area contributed by atoms with E-state index in [1.54, 1.807) is 44.4 Å². The Balaban J connectivity index is 2.02. The van der Waals surface area contributed by atoms with Gasteiger partial charge in [0.1, 0.15) is 11.5 Å². The van der Waals surface area contributed by atoms with E-state index < -0.39 is 0 Å². The third-order valence-electron chi connectivity index (χ3n) is 3.70. The molecule has 27 heavy (non-hydrogen) atoms. The first-order valence-corrected chi connectivity index (χ1v) is 8.78. The molecule has 0 saturated heterocycles. The maximum absolute atomic E-state index is 12.4. The SMILES string of the molecule is CC(C)Oc1ccccc1/C=C/C(=O)c1ccc(OCC(=O)N(C)C)cc1. The maximum Gasteiger partial charge on any atom is 0.259 e. The van der Waals surface area contributed by atoms with Gasteiger partial charge < -0.3 is 14.4 Å². The predicted molar refractivity (Wildman–Crippen MR) is 106 cm³/mol. The summed E-state index contributed by atoms with van der Waals surface area (Å²) in [6.07, 6.45) is 3.33. The van der Waals surface area contributed by atoms with Crippen molar-refractivity contribution in [3.63, 3.8) is 0 Å². The molecule has 2 rings (SSSR count). The Morgan fingerprint density at radius 1 is 1.04 bits per heavy atom. The highest BCUT2D eigenvalue weighted by Crippen LogP contribution is 2.21. The van der Waals surface area contributed by atoms with Gasteiger partial charge in [0.15, 0.2) is 12.4 Å². The number of rotatable bonds is 8. The third-order valence-corrected chi connectivity index (χ3v) is 3.70. The van der Waals surface area contributed by atoms with E-state index in [2.05, 4.69) is 0 Å². The second-order valence-corrected chi connectivity index (χ2v) is 6.50. The van der Waals surface area contributed by atoms with Crippen LogP contribution in [0.4, 0.5) is 0 Å². The number of benzene rings is 2. The van der Waals surface area contributed by atoms with Crippen LogP contribution in [0, 0.1) is 0 Å². The molecule has 1 amide bonds. The second kappa shape index (κ2) is 9.57. The van der Waals surface area contributed by atoms with E-state index in [0.717, 1.165) is 11.3 Å². The van der Waals surface area contributed by atoms with Gasteiger partial charge in [-0.05, 0) is 56.3 Å². The fourth-order valence-corrected chi connectivity index (χ4v) is 2.23. The van der Waals surface area contributed by atoms with Crippen molar-refractivity contribution in [1.82, 2.24) is 4.90 Å². The molecule has 142 valence electrons. The van der Waals surface area contributed by atoms with E-state index >= 15 is 0 Å². The van der Waals surface area contributed by atoms with Gasteiger partial charge in [-0.1, -0.05) is 18.2 Å². The number of nitrogens with zero attached hydrogens (tertiary/aromatic N) is 1. The number of carbonyl (C=O) groups excluding carboxylic acids is 2. The van der Waals surface area contributed by atoms with Crippen LogP contribution in [0.2, 0.25) is 0 Å². The van der Waals surface area contributed by atoms with Gasteiger partial charge in [-0.15, -0.1) is 0 Å². The Kier molecular flexibility index (Phi) is 7.17. The highest BCUT2D eigenvalue weighted by molar-refractivity contribution is 6.07. The number of likely N-dealkylation sites (N-methyl/N-ethyl adjacent to an activating group) is 1. The topological polar surface area (TPSA) is 55.8 Å². The molecule has 2 aromatic carbocycles. The van der Waals surface area contributed by atoms with Crippen LogP contribution in [0.1, 0.15) is 29.8 Å². The predicted octanol–water partition coefficient (Wildman–Crippen LogP) is 3.84. The summed E-state index contributed by atoms with van der Waals surface area (Å²) in [4.78, 5) is 25.4. The number of hydrogen-bond donors (Lipinski definition) is 0. The van der Waals surface area contributed by atoms with Crippen molar-refractivity contribution in [3.05, 3.63) is 65.7 Å². The molecule has 0 N–H and O–H groups in total. The van der Waals surface area contributed by atoms with Gasteiger partial charge in [-0.3, -0.25) is 9.59 Å². The zero-order valence-electron chi connectivity index (χ0n) is 16.1. The van der Waals surface area contributed by atoms with Gasteiger partial charge in [0.25, 0.3) is 5.91 Å². The lowest BCUT2D eigenvalue weighted by Gasteiger charge is -2.12. The van der Waals surface area contributed by atoms with Gasteiger partial charge in [0.2, 0.25) is 0 Å². The molecule has 0 atom stereocenters. The van der Waals surface area contributed by atoms with Crippen molar-refractivity contribution in [1.29, 1.82) is 0 Å². The number of amides is 1. The summed E-state index contributed by atoms with van der Waals surface area (Å²) >= 11 is 0. The summed E-state index contributed by atoms with van der Waals surface area (Å²) in [6.45, 7) is 3.88. The van der Waals surface area contributed by atoms with Crippen LogP contribution in [0.5, 0.6) is 11.5 Å². The Bertz CT molecular complexity index is 807. The van der Waals surface area contributed by atoms with Gasteiger partial charge >= 0.3 is 0 Å². The van der Waals surface area contributed by atoms with Crippen LogP contribution >= 0.6 is 0 Å². The maximum atomic E-state index is 12.4. The number of hydrogen-bond acceptors (Lipinski definition) is 4. The third kappa shape index (κ3) is 6.29. The van der Waals surface area contributed by atoms with Crippen molar-refractivity contribution < 1.29 is 19.1 Å². The van der Waals surface area contributed by atoms with Crippen LogP contribution in [0.25, 0.3) is 6.08 Å². The molecule has 0 spiro atoms. The van der Waals surface area contributed by atoms with Gasteiger partial charge in [-0.2, -0.15) is 0 Å². The van der Waals surface area contributed by atoms with Gasteiger partial charge in [0, 0.05) is 25.2 Å². The number of allylic oxidation sites excluding steroid dienone is 1. The van der Waals surface area contributed by atoms with Crippen LogP contribution in [0.15, 0.2) is 54.6 Å². The lowest BCUT2D eigenvalue weighted by atomic mass is 10.1. The lowest BCUT2D eigenvalue weighted by molar-refractivity contribution is -0.130. The fourth-order valence-electron chi connectivity index (χ4n) is 2.23. The van der Waals surface area contributed by atoms with Crippen molar-refractivity contribution in [2.24, 2.45) is 0 Å². The van der Waals surface area contributed by atoms with Gasteiger partial charge in [0.05, 0.1) is 6.10 Å². The zero-order valence-corrected chi connectivity index (χ0v) is 16.1. The normalized spacial score (nSPS) is 10.9. The fraction of sp³-hybridized carbons (Fsp3) is 0.273. The van der Waals surface area contributed by atoms with E-state index in [9.17, 15) is 9.59 Å². The first-order chi connectivity index (χ1) is 12.9. The number of carbonyl (C=O) groups is 2. The molecule has 0 heterocycles. The minimum atomic E-state index is -0.125. The summed E-state index contributed by atoms with van der Waals surface area (Å²) in [7, 11) is 3.34. The van der Waals surface area contributed by atoms with Crippen LogP contribution in [0.3, 0.4) is 0 Å². The molecule has 0 aromatic heterocycles. The average molecular weight is 367 g/mol. The minimum absolute atomic E-state index is 0.0349. The lowest BCUT2D eigenvalue weighted by Crippen LogP contribution is -2.27. The summed E-state index contributed by atoms with van der Waals surface area (Å²) in [5.74, 6) is 1.04. The molecule has 0 saturated carbocycles. The number of para-hydroxylation sites is 1. The highest BCUT2D eigenvalue weighted by atomic mass is 16.5. The van der Waals surface area contributed by atoms with Crippen molar-refractivity contribution in [2.45, 2.75) is 20.0 Å². The molecule has 0 aliphatic heterocycles. The van der Waals surface area contributed by atoms with Crippen LogP contribution in [-0.4, -0.2) is 43.4 Å². The number of ketones is 1. The van der Waals surface area contributed by atoms with E-state index in [4.69, 9.17) is 9.47 Å². The molecule has 2 aromatic rings. The Morgan fingerprint density at radius 2 is 1.70 bits per heavy atom. The van der Waals surface area contributed by atoms with Crippen molar-refractivity contribution >= 4 is 17.8 Å². The summed E-state index contributed by atoms with van der Waals surface area (Å²) < 4.78 is 11.2. The summed E-state index contributed by atoms with van der Waals surface area (Å²) in [5.41, 5.74) is 1.39. The molecular weight excluding hydrogens is 342 g/mol. The first-order valence-electron chi connectivity index (χ1n) is 8.78. The van der Waals surface area contributed by atoms with Crippen molar-refractivity contribution in [3.8, 4) is 11.5 Å². The first kappa shape index (κ1) is 20.2. The smallest absolute Gasteiger partial charge is 0.259 e. The quantitative estimate of drug-likeness (QED) is 0.525. The molecule has 5 nitrogen and oxygen atoms in total. The molecule has 0 bridgehead atoms. The highest BCUT2D eigenvalue weighted by Gasteiger charge is 2.07. The minimum Gasteiger partial charge on any atom is -0.490 e. The van der Waals surface area contributed by atoms with E-state index in [-0.39, 0.29) is 24.4 Å². The van der Waals surface area contributed by atoms with E-state index in [0.29, 0.717) is 11.3 Å².